The molecule has 0 N–H and O–H groups in total. The van der Waals surface area contributed by atoms with Crippen LogP contribution in [-0.4, -0.2) is 64.8 Å². The van der Waals surface area contributed by atoms with Crippen LogP contribution in [-0.2, 0) is 14.8 Å². The van der Waals surface area contributed by atoms with Gasteiger partial charge in [0.1, 0.15) is 5.82 Å². The molecule has 206 valence electrons. The molecule has 2 unspecified atom stereocenters. The number of fused-ring (bicyclic) bond motifs is 1. The van der Waals surface area contributed by atoms with Crippen molar-refractivity contribution in [1.29, 1.82) is 0 Å². The van der Waals surface area contributed by atoms with Crippen LogP contribution in [0.4, 0.5) is 20.6 Å². The van der Waals surface area contributed by atoms with Gasteiger partial charge in [-0.15, -0.1) is 11.3 Å². The van der Waals surface area contributed by atoms with Gasteiger partial charge in [-0.25, -0.2) is 17.6 Å². The zero-order valence-corrected chi connectivity index (χ0v) is 23.2. The molecule has 3 aromatic rings. The molecule has 8 nitrogen and oxygen atoms in total. The number of carbonyl (C=O) groups excluding carboxylic acids is 1. The SMILES string of the molecule is Cc1ccc(S(=O)(=O)N2CC3C(CN(C(=O)Oc4cccs4)c4ccc(N5CCOCC5)c(F)c4)C3C2)cc1. The summed E-state index contributed by atoms with van der Waals surface area (Å²) in [5, 5.41) is 2.28. The Bertz CT molecular complexity index is 1430. The number of aryl methyl sites for hydroxylation is 1. The molecular weight excluding hydrogens is 541 g/mol. The molecule has 39 heavy (non-hydrogen) atoms. The number of thiophene rings is 1. The Morgan fingerprint density at radius 2 is 1.82 bits per heavy atom. The predicted molar refractivity (Wildman–Crippen MR) is 148 cm³/mol. The number of nitrogens with zero attached hydrogens (tertiary/aromatic N) is 3. The first kappa shape index (κ1) is 26.2. The molecular formula is C28H30FN3O5S2. The average Bonchev–Trinajstić information content (AvgIpc) is 3.28. The van der Waals surface area contributed by atoms with Gasteiger partial charge in [-0.1, -0.05) is 17.7 Å². The summed E-state index contributed by atoms with van der Waals surface area (Å²) in [5.41, 5.74) is 1.90. The second-order valence-electron chi connectivity index (χ2n) is 10.3. The fourth-order valence-corrected chi connectivity index (χ4v) is 7.70. The van der Waals surface area contributed by atoms with Gasteiger partial charge in [0, 0.05) is 32.7 Å². The Hall–Kier alpha value is -2.99. The third-order valence-electron chi connectivity index (χ3n) is 7.89. The van der Waals surface area contributed by atoms with Gasteiger partial charge in [0.2, 0.25) is 10.0 Å². The second kappa shape index (κ2) is 10.5. The van der Waals surface area contributed by atoms with Gasteiger partial charge in [-0.3, -0.25) is 4.90 Å². The Morgan fingerprint density at radius 1 is 1.10 bits per heavy atom. The van der Waals surface area contributed by atoms with Gasteiger partial charge >= 0.3 is 6.09 Å². The number of hydrogen-bond acceptors (Lipinski definition) is 7. The highest BCUT2D eigenvalue weighted by Gasteiger charge is 2.58. The first-order valence-corrected chi connectivity index (χ1v) is 15.3. The number of anilines is 2. The molecule has 3 aliphatic rings. The van der Waals surface area contributed by atoms with E-state index in [0.29, 0.717) is 67.3 Å². The Morgan fingerprint density at radius 3 is 2.46 bits per heavy atom. The molecule has 2 saturated heterocycles. The van der Waals surface area contributed by atoms with Crippen LogP contribution >= 0.6 is 11.3 Å². The van der Waals surface area contributed by atoms with Crippen LogP contribution in [0.5, 0.6) is 5.06 Å². The molecule has 2 aliphatic heterocycles. The molecule has 1 amide bonds. The van der Waals surface area contributed by atoms with E-state index in [1.54, 1.807) is 48.5 Å². The van der Waals surface area contributed by atoms with E-state index in [-0.39, 0.29) is 17.8 Å². The zero-order chi connectivity index (χ0) is 27.1. The molecule has 1 saturated carbocycles. The van der Waals surface area contributed by atoms with Gasteiger partial charge in [0.25, 0.3) is 0 Å². The Kier molecular flexibility index (Phi) is 7.09. The number of carbonyl (C=O) groups is 1. The normalized spacial score (nSPS) is 22.9. The molecule has 0 bridgehead atoms. The van der Waals surface area contributed by atoms with Crippen LogP contribution in [0.15, 0.2) is 64.9 Å². The van der Waals surface area contributed by atoms with E-state index in [0.717, 1.165) is 5.56 Å². The fraction of sp³-hybridized carbons (Fsp3) is 0.393. The summed E-state index contributed by atoms with van der Waals surface area (Å²) in [4.78, 5) is 17.0. The lowest BCUT2D eigenvalue weighted by atomic mass is 10.2. The number of sulfonamides is 1. The lowest BCUT2D eigenvalue weighted by Gasteiger charge is -2.30. The molecule has 2 atom stereocenters. The monoisotopic (exact) mass is 571 g/mol. The van der Waals surface area contributed by atoms with Gasteiger partial charge in [-0.05, 0) is 72.5 Å². The minimum Gasteiger partial charge on any atom is -0.399 e. The Balaban J connectivity index is 1.18. The van der Waals surface area contributed by atoms with Crippen molar-refractivity contribution in [1.82, 2.24) is 4.31 Å². The van der Waals surface area contributed by atoms with Gasteiger partial charge in [-0.2, -0.15) is 4.31 Å². The highest BCUT2D eigenvalue weighted by Crippen LogP contribution is 2.53. The molecule has 2 aromatic carbocycles. The third-order valence-corrected chi connectivity index (χ3v) is 10.5. The van der Waals surface area contributed by atoms with Gasteiger partial charge in [0.15, 0.2) is 5.06 Å². The predicted octanol–water partition coefficient (Wildman–Crippen LogP) is 4.60. The number of hydrogen-bond donors (Lipinski definition) is 0. The standard InChI is InChI=1S/C28H30FN3O5S2/c1-19-4-7-21(8-5-19)39(34,35)31-16-22-23(17-31)24(22)18-32(28(33)37-27-3-2-14-38-27)20-6-9-26(25(29)15-20)30-10-12-36-13-11-30/h2-9,14-15,22-24H,10-13,16-18H2,1H3. The summed E-state index contributed by atoms with van der Waals surface area (Å²) in [6, 6.07) is 15.2. The largest absolute Gasteiger partial charge is 0.420 e. The van der Waals surface area contributed by atoms with Crippen molar-refractivity contribution in [2.24, 2.45) is 17.8 Å². The summed E-state index contributed by atoms with van der Waals surface area (Å²) >= 11 is 1.31. The van der Waals surface area contributed by atoms with Crippen molar-refractivity contribution in [2.45, 2.75) is 11.8 Å². The number of piperidine rings is 1. The highest BCUT2D eigenvalue weighted by atomic mass is 32.2. The van der Waals surface area contributed by atoms with E-state index in [9.17, 15) is 13.2 Å². The number of rotatable bonds is 7. The van der Waals surface area contributed by atoms with Crippen molar-refractivity contribution in [2.75, 3.05) is 55.7 Å². The summed E-state index contributed by atoms with van der Waals surface area (Å²) in [5.74, 6) is -0.0264. The smallest absolute Gasteiger partial charge is 0.399 e. The summed E-state index contributed by atoms with van der Waals surface area (Å²) in [6.45, 7) is 5.36. The molecule has 6 rings (SSSR count). The van der Waals surface area contributed by atoms with Crippen molar-refractivity contribution in [3.63, 3.8) is 0 Å². The number of ether oxygens (including phenoxy) is 2. The highest BCUT2D eigenvalue weighted by molar-refractivity contribution is 7.89. The first-order chi connectivity index (χ1) is 18.8. The minimum absolute atomic E-state index is 0.104. The zero-order valence-electron chi connectivity index (χ0n) is 21.5. The van der Waals surface area contributed by atoms with Gasteiger partial charge < -0.3 is 14.4 Å². The maximum absolute atomic E-state index is 15.3. The lowest BCUT2D eigenvalue weighted by Crippen LogP contribution is -2.38. The van der Waals surface area contributed by atoms with Crippen LogP contribution in [0.3, 0.4) is 0 Å². The summed E-state index contributed by atoms with van der Waals surface area (Å²) in [6.07, 6.45) is -0.579. The van der Waals surface area contributed by atoms with E-state index < -0.39 is 21.9 Å². The van der Waals surface area contributed by atoms with E-state index in [1.807, 2.05) is 17.2 Å². The van der Waals surface area contributed by atoms with Crippen LogP contribution in [0.2, 0.25) is 0 Å². The summed E-state index contributed by atoms with van der Waals surface area (Å²) < 4.78 is 54.0. The van der Waals surface area contributed by atoms with Crippen LogP contribution in [0.25, 0.3) is 0 Å². The summed E-state index contributed by atoms with van der Waals surface area (Å²) in [7, 11) is -3.57. The molecule has 0 radical (unpaired) electrons. The quantitative estimate of drug-likeness (QED) is 0.412. The fourth-order valence-electron chi connectivity index (χ4n) is 5.62. The topological polar surface area (TPSA) is 79.4 Å². The molecule has 3 heterocycles. The Labute approximate surface area is 231 Å². The van der Waals surface area contributed by atoms with E-state index >= 15 is 4.39 Å². The van der Waals surface area contributed by atoms with Crippen LogP contribution in [0.1, 0.15) is 5.56 Å². The van der Waals surface area contributed by atoms with E-state index in [2.05, 4.69) is 0 Å². The average molecular weight is 572 g/mol. The number of morpholine rings is 1. The van der Waals surface area contributed by atoms with Crippen molar-refractivity contribution >= 4 is 38.8 Å². The second-order valence-corrected chi connectivity index (χ2v) is 13.1. The maximum Gasteiger partial charge on any atom is 0.420 e. The van der Waals surface area contributed by atoms with E-state index in [4.69, 9.17) is 9.47 Å². The number of halogens is 1. The lowest BCUT2D eigenvalue weighted by molar-refractivity contribution is 0.122. The number of amides is 1. The van der Waals surface area contributed by atoms with Crippen molar-refractivity contribution in [3.8, 4) is 5.06 Å². The first-order valence-electron chi connectivity index (χ1n) is 13.0. The van der Waals surface area contributed by atoms with Crippen molar-refractivity contribution in [3.05, 3.63) is 71.4 Å². The molecule has 0 spiro atoms. The van der Waals surface area contributed by atoms with Crippen LogP contribution < -0.4 is 14.5 Å². The molecule has 1 aliphatic carbocycles. The van der Waals surface area contributed by atoms with Crippen molar-refractivity contribution < 1.29 is 27.1 Å². The van der Waals surface area contributed by atoms with Gasteiger partial charge in [0.05, 0.1) is 29.5 Å². The maximum atomic E-state index is 15.3. The molecule has 1 aromatic heterocycles. The molecule has 3 fully saturated rings. The van der Waals surface area contributed by atoms with Crippen LogP contribution in [0, 0.1) is 30.5 Å². The third kappa shape index (κ3) is 5.28. The number of benzene rings is 2. The minimum atomic E-state index is -3.57. The van der Waals surface area contributed by atoms with E-state index in [1.165, 1.54) is 26.6 Å². The molecule has 11 heteroatoms.